The number of allylic oxidation sites excluding steroid dienone is 2. The highest BCUT2D eigenvalue weighted by Crippen LogP contribution is 2.60. The number of alkyl halides is 3. The molecule has 3 nitrogen and oxygen atoms in total. The number of rotatable bonds is 2. The average Bonchev–Trinajstić information content (AvgIpc) is 2.67. The molecule has 21 heavy (non-hydrogen) atoms. The lowest BCUT2D eigenvalue weighted by Gasteiger charge is -2.04. The van der Waals surface area contributed by atoms with Gasteiger partial charge >= 0.3 is 6.18 Å². The Labute approximate surface area is 125 Å². The van der Waals surface area contributed by atoms with Crippen LogP contribution in [0.15, 0.2) is 17.2 Å². The molecule has 2 rings (SSSR count). The first-order valence-electron chi connectivity index (χ1n) is 6.48. The fraction of sp³-hybridized carbons (Fsp3) is 0.571. The first kappa shape index (κ1) is 16.1. The fourth-order valence-electron chi connectivity index (χ4n) is 2.70. The van der Waals surface area contributed by atoms with Crippen molar-refractivity contribution in [3.8, 4) is 0 Å². The van der Waals surface area contributed by atoms with Gasteiger partial charge in [-0.05, 0) is 31.2 Å². The van der Waals surface area contributed by atoms with E-state index in [0.29, 0.717) is 11.4 Å². The highest BCUT2D eigenvalue weighted by Gasteiger charge is 2.61. The van der Waals surface area contributed by atoms with Crippen molar-refractivity contribution in [1.82, 2.24) is 9.78 Å². The molecular formula is C14H16ClF3N2O. The molecule has 1 saturated carbocycles. The lowest BCUT2D eigenvalue weighted by molar-refractivity contribution is -0.0848. The van der Waals surface area contributed by atoms with E-state index in [4.69, 9.17) is 11.6 Å². The smallest absolute Gasteiger partial charge is 0.272 e. The van der Waals surface area contributed by atoms with Crippen LogP contribution in [-0.2, 0) is 0 Å². The van der Waals surface area contributed by atoms with E-state index >= 15 is 0 Å². The Hall–Kier alpha value is -1.30. The number of hydrogen-bond acceptors (Lipinski definition) is 2. The van der Waals surface area contributed by atoms with Gasteiger partial charge in [-0.1, -0.05) is 31.5 Å². The second-order valence-electron chi connectivity index (χ2n) is 6.01. The number of hydrogen-bond donors (Lipinski definition) is 0. The van der Waals surface area contributed by atoms with Gasteiger partial charge in [0.2, 0.25) is 0 Å². The van der Waals surface area contributed by atoms with Crippen molar-refractivity contribution in [2.45, 2.75) is 33.9 Å². The maximum absolute atomic E-state index is 12.5. The third-order valence-electron chi connectivity index (χ3n) is 3.99. The van der Waals surface area contributed by atoms with Crippen LogP contribution in [-0.4, -0.2) is 21.9 Å². The van der Waals surface area contributed by atoms with Crippen molar-refractivity contribution >= 4 is 17.5 Å². The molecule has 1 aliphatic rings. The Morgan fingerprint density at radius 1 is 1.43 bits per heavy atom. The van der Waals surface area contributed by atoms with Gasteiger partial charge in [0.15, 0.2) is 0 Å². The van der Waals surface area contributed by atoms with Crippen LogP contribution in [0.25, 0.3) is 0 Å². The quantitative estimate of drug-likeness (QED) is 0.822. The third kappa shape index (κ3) is 2.86. The van der Waals surface area contributed by atoms with Gasteiger partial charge in [0.25, 0.3) is 5.91 Å². The van der Waals surface area contributed by atoms with Crippen LogP contribution >= 0.6 is 11.6 Å². The number of carbonyl (C=O) groups excluding carboxylic acids is 1. The van der Waals surface area contributed by atoms with Gasteiger partial charge < -0.3 is 0 Å². The monoisotopic (exact) mass is 320 g/mol. The average molecular weight is 321 g/mol. The van der Waals surface area contributed by atoms with Crippen LogP contribution in [0.2, 0.25) is 0 Å². The molecule has 116 valence electrons. The van der Waals surface area contributed by atoms with E-state index in [1.54, 1.807) is 33.8 Å². The molecule has 1 aromatic rings. The summed E-state index contributed by atoms with van der Waals surface area (Å²) in [7, 11) is 0. The highest BCUT2D eigenvalue weighted by molar-refractivity contribution is 6.30. The van der Waals surface area contributed by atoms with Gasteiger partial charge in [-0.3, -0.25) is 4.79 Å². The second-order valence-corrected chi connectivity index (χ2v) is 6.42. The topological polar surface area (TPSA) is 34.9 Å². The molecule has 1 heterocycles. The molecule has 7 heteroatoms. The molecule has 2 unspecified atom stereocenters. The Bertz CT molecular complexity index is 616. The minimum Gasteiger partial charge on any atom is -0.272 e. The van der Waals surface area contributed by atoms with Gasteiger partial charge in [0.1, 0.15) is 5.03 Å². The van der Waals surface area contributed by atoms with Gasteiger partial charge in [0.05, 0.1) is 11.6 Å². The minimum atomic E-state index is -4.58. The Kier molecular flexibility index (Phi) is 3.72. The Morgan fingerprint density at radius 3 is 2.43 bits per heavy atom. The van der Waals surface area contributed by atoms with E-state index < -0.39 is 28.5 Å². The summed E-state index contributed by atoms with van der Waals surface area (Å²) in [5, 5.41) is 2.91. The first-order valence-corrected chi connectivity index (χ1v) is 6.86. The summed E-state index contributed by atoms with van der Waals surface area (Å²) in [6, 6.07) is 1.75. The molecule has 0 bridgehead atoms. The van der Waals surface area contributed by atoms with E-state index in [2.05, 4.69) is 5.10 Å². The number of carbonyl (C=O) groups is 1. The fourth-order valence-corrected chi connectivity index (χ4v) is 2.83. The van der Waals surface area contributed by atoms with E-state index in [1.165, 1.54) is 4.68 Å². The van der Waals surface area contributed by atoms with Gasteiger partial charge in [-0.15, -0.1) is 0 Å². The van der Waals surface area contributed by atoms with Crippen molar-refractivity contribution in [2.75, 3.05) is 0 Å². The molecule has 1 aliphatic carbocycles. The summed E-state index contributed by atoms with van der Waals surface area (Å²) in [5.41, 5.74) is 0.805. The molecule has 0 amide bonds. The Balaban J connectivity index is 2.26. The van der Waals surface area contributed by atoms with Crippen LogP contribution in [0, 0.1) is 31.1 Å². The van der Waals surface area contributed by atoms with Crippen LogP contribution in [0.1, 0.15) is 30.0 Å². The summed E-state index contributed by atoms with van der Waals surface area (Å²) in [6.45, 7) is 7.00. The molecule has 0 N–H and O–H groups in total. The maximum Gasteiger partial charge on any atom is 0.426 e. The van der Waals surface area contributed by atoms with E-state index in [9.17, 15) is 18.0 Å². The van der Waals surface area contributed by atoms with Crippen LogP contribution in [0.4, 0.5) is 13.2 Å². The zero-order valence-corrected chi connectivity index (χ0v) is 12.9. The predicted molar refractivity (Wildman–Crippen MR) is 73.1 cm³/mol. The summed E-state index contributed by atoms with van der Waals surface area (Å²) in [5.74, 6) is -1.38. The number of nitrogens with zero attached hydrogens (tertiary/aromatic N) is 2. The summed E-state index contributed by atoms with van der Waals surface area (Å²) >= 11 is 5.27. The van der Waals surface area contributed by atoms with E-state index in [-0.39, 0.29) is 5.91 Å². The minimum absolute atomic E-state index is 0.293. The van der Waals surface area contributed by atoms with Gasteiger partial charge in [0, 0.05) is 5.69 Å². The van der Waals surface area contributed by atoms with E-state index in [1.807, 2.05) is 0 Å². The summed E-state index contributed by atoms with van der Waals surface area (Å²) in [6.07, 6.45) is -3.64. The number of halogens is 4. The largest absolute Gasteiger partial charge is 0.426 e. The van der Waals surface area contributed by atoms with E-state index in [0.717, 1.165) is 6.08 Å². The van der Waals surface area contributed by atoms with Crippen molar-refractivity contribution < 1.29 is 18.0 Å². The first-order chi connectivity index (χ1) is 9.46. The Morgan fingerprint density at radius 2 is 2.00 bits per heavy atom. The molecule has 0 radical (unpaired) electrons. The standard InChI is InChI=1S/C14H16ClF3N2O/c1-7-5-8(2)20(19-7)12(21)11-9(13(11,3)4)6-10(15)14(16,17)18/h5-6,9,11H,1-4H3. The van der Waals surface area contributed by atoms with Crippen LogP contribution in [0.3, 0.4) is 0 Å². The zero-order valence-electron chi connectivity index (χ0n) is 12.1. The number of aryl methyl sites for hydroxylation is 2. The second kappa shape index (κ2) is 4.87. The molecular weight excluding hydrogens is 305 g/mol. The molecule has 0 saturated heterocycles. The van der Waals surface area contributed by atoms with Gasteiger partial charge in [-0.2, -0.15) is 18.3 Å². The number of aromatic nitrogens is 2. The van der Waals surface area contributed by atoms with Gasteiger partial charge in [-0.25, -0.2) is 4.68 Å². The maximum atomic E-state index is 12.5. The molecule has 0 aliphatic heterocycles. The normalized spacial score (nSPS) is 25.0. The summed E-state index contributed by atoms with van der Waals surface area (Å²) < 4.78 is 38.8. The molecule has 1 aromatic heterocycles. The van der Waals surface area contributed by atoms with Crippen LogP contribution < -0.4 is 0 Å². The lowest BCUT2D eigenvalue weighted by atomic mass is 10.1. The molecule has 1 fully saturated rings. The molecule has 2 atom stereocenters. The lowest BCUT2D eigenvalue weighted by Crippen LogP contribution is -2.18. The molecule has 0 aromatic carbocycles. The summed E-state index contributed by atoms with van der Waals surface area (Å²) in [4.78, 5) is 12.4. The van der Waals surface area contributed by atoms with Crippen LogP contribution in [0.5, 0.6) is 0 Å². The third-order valence-corrected chi connectivity index (χ3v) is 4.33. The zero-order chi connectivity index (χ0) is 16.2. The predicted octanol–water partition coefficient (Wildman–Crippen LogP) is 4.10. The highest BCUT2D eigenvalue weighted by atomic mass is 35.5. The molecule has 0 spiro atoms. The van der Waals surface area contributed by atoms with Crippen molar-refractivity contribution in [1.29, 1.82) is 0 Å². The van der Waals surface area contributed by atoms with Crippen molar-refractivity contribution in [2.24, 2.45) is 17.3 Å². The SMILES string of the molecule is Cc1cc(C)n(C(=O)C2C(C=C(Cl)C(F)(F)F)C2(C)C)n1. The van der Waals surface area contributed by atoms with Crippen molar-refractivity contribution in [3.63, 3.8) is 0 Å². The van der Waals surface area contributed by atoms with Crippen molar-refractivity contribution in [3.05, 3.63) is 28.6 Å².